The fraction of sp³-hybridized carbons (Fsp3) is 0.250. The number of hydrogen-bond acceptors (Lipinski definition) is 5. The van der Waals surface area contributed by atoms with Crippen molar-refractivity contribution in [2.45, 2.75) is 12.5 Å². The van der Waals surface area contributed by atoms with E-state index in [0.717, 1.165) is 11.9 Å². The van der Waals surface area contributed by atoms with Gasteiger partial charge in [0.15, 0.2) is 11.5 Å². The molecule has 6 nitrogen and oxygen atoms in total. The highest BCUT2D eigenvalue weighted by Crippen LogP contribution is 2.40. The summed E-state index contributed by atoms with van der Waals surface area (Å²) in [4.78, 5) is 29.9. The second kappa shape index (κ2) is 8.57. The molecule has 2 aromatic carbocycles. The largest absolute Gasteiger partial charge is 0.503 e. The van der Waals surface area contributed by atoms with E-state index in [-0.39, 0.29) is 11.3 Å². The average Bonchev–Trinajstić information content (AvgIpc) is 3.28. The van der Waals surface area contributed by atoms with Crippen molar-refractivity contribution in [2.75, 3.05) is 27.2 Å². The van der Waals surface area contributed by atoms with Gasteiger partial charge in [0.1, 0.15) is 5.58 Å². The minimum Gasteiger partial charge on any atom is -0.503 e. The van der Waals surface area contributed by atoms with Crippen molar-refractivity contribution in [3.63, 3.8) is 0 Å². The van der Waals surface area contributed by atoms with Crippen LogP contribution >= 0.6 is 11.6 Å². The summed E-state index contributed by atoms with van der Waals surface area (Å²) in [5.41, 5.74) is 1.24. The number of aliphatic hydroxyl groups excluding tert-OH is 1. The molecule has 1 unspecified atom stereocenters. The minimum absolute atomic E-state index is 0.0103. The molecular weight excluding hydrogens is 416 g/mol. The molecule has 0 radical (unpaired) electrons. The van der Waals surface area contributed by atoms with Crippen molar-refractivity contribution in [3.8, 4) is 0 Å². The van der Waals surface area contributed by atoms with Crippen LogP contribution in [-0.4, -0.2) is 53.8 Å². The summed E-state index contributed by atoms with van der Waals surface area (Å²) in [7, 11) is 3.90. The average molecular weight is 439 g/mol. The van der Waals surface area contributed by atoms with Crippen molar-refractivity contribution in [1.82, 2.24) is 9.80 Å². The SMILES string of the molecule is CN(C)CCCN1C(=O)C(O)=C(C(=O)c2cc3ccccc3o2)C1c1cccc(Cl)c1. The highest BCUT2D eigenvalue weighted by molar-refractivity contribution is 6.30. The summed E-state index contributed by atoms with van der Waals surface area (Å²) in [6.45, 7) is 1.15. The van der Waals surface area contributed by atoms with Crippen LogP contribution in [0.25, 0.3) is 11.0 Å². The van der Waals surface area contributed by atoms with Gasteiger partial charge in [-0.15, -0.1) is 0 Å². The summed E-state index contributed by atoms with van der Waals surface area (Å²) >= 11 is 6.20. The number of para-hydroxylation sites is 1. The Bertz CT molecular complexity index is 1150. The lowest BCUT2D eigenvalue weighted by Crippen LogP contribution is -2.33. The van der Waals surface area contributed by atoms with E-state index in [9.17, 15) is 14.7 Å². The molecule has 1 aliphatic rings. The number of furan rings is 1. The lowest BCUT2D eigenvalue weighted by molar-refractivity contribution is -0.129. The van der Waals surface area contributed by atoms with Gasteiger partial charge in [0.25, 0.3) is 5.91 Å². The highest BCUT2D eigenvalue weighted by Gasteiger charge is 2.44. The number of benzene rings is 2. The Hall–Kier alpha value is -3.09. The van der Waals surface area contributed by atoms with Gasteiger partial charge in [-0.3, -0.25) is 9.59 Å². The topological polar surface area (TPSA) is 74.0 Å². The summed E-state index contributed by atoms with van der Waals surface area (Å²) in [6, 6.07) is 15.2. The number of rotatable bonds is 7. The third-order valence-electron chi connectivity index (χ3n) is 5.37. The molecule has 0 fully saturated rings. The lowest BCUT2D eigenvalue weighted by atomic mass is 9.95. The second-order valence-electron chi connectivity index (χ2n) is 7.85. The van der Waals surface area contributed by atoms with Crippen LogP contribution in [0.4, 0.5) is 0 Å². The molecule has 160 valence electrons. The molecular formula is C24H23ClN2O4. The van der Waals surface area contributed by atoms with Crippen LogP contribution in [0.15, 0.2) is 70.3 Å². The molecule has 1 aromatic heterocycles. The van der Waals surface area contributed by atoms with Crippen LogP contribution in [-0.2, 0) is 4.79 Å². The Morgan fingerprint density at radius 1 is 1.16 bits per heavy atom. The zero-order valence-corrected chi connectivity index (χ0v) is 18.1. The third-order valence-corrected chi connectivity index (χ3v) is 5.60. The van der Waals surface area contributed by atoms with E-state index >= 15 is 0 Å². The Morgan fingerprint density at radius 3 is 2.65 bits per heavy atom. The number of fused-ring (bicyclic) bond motifs is 1. The molecule has 7 heteroatoms. The second-order valence-corrected chi connectivity index (χ2v) is 8.29. The van der Waals surface area contributed by atoms with Crippen LogP contribution < -0.4 is 0 Å². The fourth-order valence-corrected chi connectivity index (χ4v) is 4.12. The molecule has 31 heavy (non-hydrogen) atoms. The van der Waals surface area contributed by atoms with Crippen LogP contribution in [0.5, 0.6) is 0 Å². The Kier molecular flexibility index (Phi) is 5.85. The van der Waals surface area contributed by atoms with E-state index in [1.807, 2.05) is 37.2 Å². The highest BCUT2D eigenvalue weighted by atomic mass is 35.5. The Morgan fingerprint density at radius 2 is 1.94 bits per heavy atom. The molecule has 1 N–H and O–H groups in total. The number of hydrogen-bond donors (Lipinski definition) is 1. The molecule has 0 aliphatic carbocycles. The summed E-state index contributed by atoms with van der Waals surface area (Å²) < 4.78 is 5.72. The monoisotopic (exact) mass is 438 g/mol. The van der Waals surface area contributed by atoms with Crippen molar-refractivity contribution in [2.24, 2.45) is 0 Å². The number of carbonyl (C=O) groups is 2. The van der Waals surface area contributed by atoms with Gasteiger partial charge in [-0.1, -0.05) is 41.9 Å². The van der Waals surface area contributed by atoms with Gasteiger partial charge >= 0.3 is 0 Å². The van der Waals surface area contributed by atoms with E-state index in [4.69, 9.17) is 16.0 Å². The molecule has 1 atom stereocenters. The van der Waals surface area contributed by atoms with Gasteiger partial charge in [0.05, 0.1) is 11.6 Å². The standard InChI is InChI=1S/C24H23ClN2O4/c1-26(2)11-6-12-27-21(16-8-5-9-17(25)13-16)20(23(29)24(27)30)22(28)19-14-15-7-3-4-10-18(15)31-19/h3-5,7-10,13-14,21,29H,6,11-12H2,1-2H3. The van der Waals surface area contributed by atoms with Gasteiger partial charge in [0.2, 0.25) is 5.78 Å². The summed E-state index contributed by atoms with van der Waals surface area (Å²) in [6.07, 6.45) is 0.690. The third kappa shape index (κ3) is 4.09. The fourth-order valence-electron chi connectivity index (χ4n) is 3.92. The molecule has 4 rings (SSSR count). The smallest absolute Gasteiger partial charge is 0.290 e. The summed E-state index contributed by atoms with van der Waals surface area (Å²) in [5, 5.41) is 12.0. The lowest BCUT2D eigenvalue weighted by Gasteiger charge is -2.27. The molecule has 2 heterocycles. The minimum atomic E-state index is -0.742. The number of carbonyl (C=O) groups excluding carboxylic acids is 2. The van der Waals surface area contributed by atoms with Gasteiger partial charge in [-0.25, -0.2) is 0 Å². The number of Topliss-reactive ketones (excluding diaryl/α,β-unsaturated/α-hetero) is 1. The van der Waals surface area contributed by atoms with Gasteiger partial charge in [0, 0.05) is 17.0 Å². The number of amides is 1. The molecule has 0 saturated heterocycles. The van der Waals surface area contributed by atoms with Crippen LogP contribution in [0, 0.1) is 0 Å². The van der Waals surface area contributed by atoms with Crippen molar-refractivity contribution >= 4 is 34.3 Å². The molecule has 1 aliphatic heterocycles. The maximum absolute atomic E-state index is 13.4. The first kappa shape index (κ1) is 21.2. The maximum Gasteiger partial charge on any atom is 0.290 e. The van der Waals surface area contributed by atoms with E-state index in [2.05, 4.69) is 0 Å². The predicted molar refractivity (Wildman–Crippen MR) is 119 cm³/mol. The van der Waals surface area contributed by atoms with E-state index < -0.39 is 23.5 Å². The molecule has 1 amide bonds. The predicted octanol–water partition coefficient (Wildman–Crippen LogP) is 4.62. The zero-order chi connectivity index (χ0) is 22.1. The first-order valence-electron chi connectivity index (χ1n) is 10.0. The first-order valence-corrected chi connectivity index (χ1v) is 10.4. The number of halogens is 1. The quantitative estimate of drug-likeness (QED) is 0.545. The normalized spacial score (nSPS) is 16.7. The Labute approximate surface area is 185 Å². The molecule has 0 bridgehead atoms. The van der Waals surface area contributed by atoms with Crippen molar-refractivity contribution in [3.05, 3.63) is 82.3 Å². The van der Waals surface area contributed by atoms with Crippen molar-refractivity contribution in [1.29, 1.82) is 0 Å². The van der Waals surface area contributed by atoms with Crippen LogP contribution in [0.3, 0.4) is 0 Å². The van der Waals surface area contributed by atoms with Gasteiger partial charge in [-0.2, -0.15) is 0 Å². The number of aliphatic hydroxyl groups is 1. The van der Waals surface area contributed by atoms with Crippen molar-refractivity contribution < 1.29 is 19.1 Å². The van der Waals surface area contributed by atoms with Gasteiger partial charge in [-0.05, 0) is 56.9 Å². The summed E-state index contributed by atoms with van der Waals surface area (Å²) in [5.74, 6) is -1.54. The molecule has 3 aromatic rings. The van der Waals surface area contributed by atoms with E-state index in [1.54, 1.807) is 36.4 Å². The van der Waals surface area contributed by atoms with Crippen LogP contribution in [0.2, 0.25) is 5.02 Å². The van der Waals surface area contributed by atoms with Gasteiger partial charge < -0.3 is 19.3 Å². The number of ketones is 1. The molecule has 0 saturated carbocycles. The Balaban J connectivity index is 1.75. The van der Waals surface area contributed by atoms with E-state index in [0.29, 0.717) is 29.1 Å². The zero-order valence-electron chi connectivity index (χ0n) is 17.3. The van der Waals surface area contributed by atoms with Crippen LogP contribution in [0.1, 0.15) is 28.6 Å². The van der Waals surface area contributed by atoms with E-state index in [1.165, 1.54) is 4.90 Å². The maximum atomic E-state index is 13.4. The number of nitrogens with zero attached hydrogens (tertiary/aromatic N) is 2. The first-order chi connectivity index (χ1) is 14.9. The molecule has 0 spiro atoms.